The number of halogens is 2. The van der Waals surface area contributed by atoms with Crippen molar-refractivity contribution in [3.8, 4) is 0 Å². The normalized spacial score (nSPS) is 11.0. The monoisotopic (exact) mass is 407 g/mol. The van der Waals surface area contributed by atoms with Gasteiger partial charge in [0.25, 0.3) is 11.8 Å². The molecule has 0 aliphatic carbocycles. The Morgan fingerprint density at radius 1 is 1.12 bits per heavy atom. The van der Waals surface area contributed by atoms with Crippen LogP contribution >= 0.6 is 27.5 Å². The molecular weight excluding hydrogens is 394 g/mol. The number of hydrazone groups is 1. The lowest BCUT2D eigenvalue weighted by atomic mass is 10.1. The first-order valence-electron chi connectivity index (χ1n) is 7.08. The van der Waals surface area contributed by atoms with Gasteiger partial charge in [-0.3, -0.25) is 9.59 Å². The number of hydrogen-bond donors (Lipinski definition) is 2. The van der Waals surface area contributed by atoms with Gasteiger partial charge >= 0.3 is 0 Å². The van der Waals surface area contributed by atoms with E-state index in [4.69, 9.17) is 11.6 Å². The maximum atomic E-state index is 11.9. The van der Waals surface area contributed by atoms with E-state index in [2.05, 4.69) is 31.8 Å². The fourth-order valence-electron chi connectivity index (χ4n) is 1.83. The quantitative estimate of drug-likeness (QED) is 0.588. The van der Waals surface area contributed by atoms with Gasteiger partial charge in [0.2, 0.25) is 0 Å². The Morgan fingerprint density at radius 3 is 2.50 bits per heavy atom. The maximum absolute atomic E-state index is 11.9. The lowest BCUT2D eigenvalue weighted by Gasteiger charge is -2.06. The van der Waals surface area contributed by atoms with Crippen molar-refractivity contribution >= 4 is 45.1 Å². The molecular formula is C17H15BrClN3O2. The molecule has 0 unspecified atom stereocenters. The number of amides is 2. The highest BCUT2D eigenvalue weighted by Gasteiger charge is 2.07. The number of nitrogens with one attached hydrogen (secondary N) is 2. The van der Waals surface area contributed by atoms with Crippen LogP contribution < -0.4 is 10.7 Å². The van der Waals surface area contributed by atoms with Gasteiger partial charge in [0.1, 0.15) is 0 Å². The molecule has 0 spiro atoms. The molecule has 2 aromatic carbocycles. The standard InChI is InChI=1S/C17H15BrClN3O2/c1-11(13-3-2-4-14(18)9-13)21-22-16(23)10-20-17(24)12-5-7-15(19)8-6-12/h2-9H,10H2,1H3,(H,20,24)(H,22,23). The molecule has 0 heterocycles. The van der Waals surface area contributed by atoms with Crippen LogP contribution in [0.3, 0.4) is 0 Å². The van der Waals surface area contributed by atoms with E-state index < -0.39 is 5.91 Å². The highest BCUT2D eigenvalue weighted by Crippen LogP contribution is 2.12. The van der Waals surface area contributed by atoms with Gasteiger partial charge < -0.3 is 5.32 Å². The molecule has 0 atom stereocenters. The summed E-state index contributed by atoms with van der Waals surface area (Å²) in [6.07, 6.45) is 0. The predicted octanol–water partition coefficient (Wildman–Crippen LogP) is 3.37. The minimum Gasteiger partial charge on any atom is -0.343 e. The highest BCUT2D eigenvalue weighted by atomic mass is 79.9. The zero-order chi connectivity index (χ0) is 17.5. The fraction of sp³-hybridized carbons (Fsp3) is 0.118. The summed E-state index contributed by atoms with van der Waals surface area (Å²) >= 11 is 9.14. The van der Waals surface area contributed by atoms with Crippen molar-refractivity contribution in [2.24, 2.45) is 5.10 Å². The molecule has 0 saturated carbocycles. The molecule has 2 aromatic rings. The zero-order valence-electron chi connectivity index (χ0n) is 12.8. The van der Waals surface area contributed by atoms with Crippen LogP contribution in [0.5, 0.6) is 0 Å². The Bertz CT molecular complexity index is 776. The van der Waals surface area contributed by atoms with Crippen molar-refractivity contribution in [1.82, 2.24) is 10.7 Å². The Hall–Kier alpha value is -2.18. The van der Waals surface area contributed by atoms with E-state index in [1.54, 1.807) is 31.2 Å². The van der Waals surface area contributed by atoms with Gasteiger partial charge in [-0.25, -0.2) is 5.43 Å². The third-order valence-electron chi connectivity index (χ3n) is 3.11. The van der Waals surface area contributed by atoms with E-state index in [1.807, 2.05) is 24.3 Å². The number of nitrogens with zero attached hydrogens (tertiary/aromatic N) is 1. The van der Waals surface area contributed by atoms with Gasteiger partial charge in [-0.2, -0.15) is 5.10 Å². The summed E-state index contributed by atoms with van der Waals surface area (Å²) in [6.45, 7) is 1.62. The van der Waals surface area contributed by atoms with E-state index in [0.717, 1.165) is 10.0 Å². The molecule has 5 nitrogen and oxygen atoms in total. The number of hydrogen-bond acceptors (Lipinski definition) is 3. The molecule has 0 aliphatic heterocycles. The van der Waals surface area contributed by atoms with Crippen LogP contribution in [0.25, 0.3) is 0 Å². The second kappa shape index (κ2) is 8.61. The fourth-order valence-corrected chi connectivity index (χ4v) is 2.35. The average molecular weight is 409 g/mol. The van der Waals surface area contributed by atoms with E-state index >= 15 is 0 Å². The molecule has 2 rings (SSSR count). The first-order chi connectivity index (χ1) is 11.5. The van der Waals surface area contributed by atoms with Crippen molar-refractivity contribution in [3.05, 3.63) is 69.2 Å². The Morgan fingerprint density at radius 2 is 1.83 bits per heavy atom. The summed E-state index contributed by atoms with van der Waals surface area (Å²) in [5, 5.41) is 7.09. The first kappa shape index (κ1) is 18.2. The third kappa shape index (κ3) is 5.47. The maximum Gasteiger partial charge on any atom is 0.259 e. The molecule has 0 saturated heterocycles. The van der Waals surface area contributed by atoms with Crippen molar-refractivity contribution in [2.45, 2.75) is 6.92 Å². The molecule has 0 aliphatic rings. The molecule has 2 amide bonds. The van der Waals surface area contributed by atoms with Gasteiger partial charge in [-0.15, -0.1) is 0 Å². The van der Waals surface area contributed by atoms with Crippen molar-refractivity contribution in [1.29, 1.82) is 0 Å². The second-order valence-electron chi connectivity index (χ2n) is 4.93. The van der Waals surface area contributed by atoms with E-state index in [-0.39, 0.29) is 12.5 Å². The number of carbonyl (C=O) groups is 2. The van der Waals surface area contributed by atoms with E-state index in [0.29, 0.717) is 16.3 Å². The van der Waals surface area contributed by atoms with Crippen LogP contribution in [0.2, 0.25) is 5.02 Å². The second-order valence-corrected chi connectivity index (χ2v) is 6.28. The van der Waals surface area contributed by atoms with Crippen LogP contribution in [-0.2, 0) is 4.79 Å². The number of benzene rings is 2. The topological polar surface area (TPSA) is 70.6 Å². The summed E-state index contributed by atoms with van der Waals surface area (Å²) in [5.74, 6) is -0.763. The summed E-state index contributed by atoms with van der Waals surface area (Å²) in [6, 6.07) is 14.0. The van der Waals surface area contributed by atoms with Crippen molar-refractivity contribution < 1.29 is 9.59 Å². The molecule has 24 heavy (non-hydrogen) atoms. The minimum absolute atomic E-state index is 0.170. The molecule has 124 valence electrons. The zero-order valence-corrected chi connectivity index (χ0v) is 15.2. The molecule has 0 fully saturated rings. The number of carbonyl (C=O) groups excluding carboxylic acids is 2. The average Bonchev–Trinajstić information content (AvgIpc) is 2.58. The first-order valence-corrected chi connectivity index (χ1v) is 8.25. The molecule has 0 radical (unpaired) electrons. The van der Waals surface area contributed by atoms with Crippen molar-refractivity contribution in [3.63, 3.8) is 0 Å². The smallest absolute Gasteiger partial charge is 0.259 e. The summed E-state index contributed by atoms with van der Waals surface area (Å²) in [5.41, 5.74) is 4.39. The van der Waals surface area contributed by atoms with E-state index in [1.165, 1.54) is 0 Å². The van der Waals surface area contributed by atoms with Gasteiger partial charge in [-0.05, 0) is 48.9 Å². The van der Waals surface area contributed by atoms with Gasteiger partial charge in [0.15, 0.2) is 0 Å². The van der Waals surface area contributed by atoms with Crippen LogP contribution in [0.15, 0.2) is 58.1 Å². The van der Waals surface area contributed by atoms with Crippen LogP contribution in [-0.4, -0.2) is 24.1 Å². The van der Waals surface area contributed by atoms with Crippen LogP contribution in [0.4, 0.5) is 0 Å². The molecule has 7 heteroatoms. The van der Waals surface area contributed by atoms with Crippen LogP contribution in [0, 0.1) is 0 Å². The molecule has 0 bridgehead atoms. The third-order valence-corrected chi connectivity index (χ3v) is 3.85. The Labute approximate surface area is 153 Å². The van der Waals surface area contributed by atoms with Gasteiger partial charge in [-0.1, -0.05) is 39.7 Å². The molecule has 2 N–H and O–H groups in total. The van der Waals surface area contributed by atoms with Crippen LogP contribution in [0.1, 0.15) is 22.8 Å². The van der Waals surface area contributed by atoms with Crippen molar-refractivity contribution in [2.75, 3.05) is 6.54 Å². The SMILES string of the molecule is CC(=NNC(=O)CNC(=O)c1ccc(Cl)cc1)c1cccc(Br)c1. The summed E-state index contributed by atoms with van der Waals surface area (Å²) < 4.78 is 0.927. The number of rotatable bonds is 5. The lowest BCUT2D eigenvalue weighted by Crippen LogP contribution is -2.35. The predicted molar refractivity (Wildman–Crippen MR) is 98.3 cm³/mol. The minimum atomic E-state index is -0.410. The lowest BCUT2D eigenvalue weighted by molar-refractivity contribution is -0.120. The summed E-state index contributed by atoms with van der Waals surface area (Å²) in [4.78, 5) is 23.7. The van der Waals surface area contributed by atoms with E-state index in [9.17, 15) is 9.59 Å². The highest BCUT2D eigenvalue weighted by molar-refractivity contribution is 9.10. The Balaban J connectivity index is 1.86. The largest absolute Gasteiger partial charge is 0.343 e. The molecule has 0 aromatic heterocycles. The van der Waals surface area contributed by atoms with Gasteiger partial charge in [0, 0.05) is 15.1 Å². The Kier molecular flexibility index (Phi) is 6.52. The summed E-state index contributed by atoms with van der Waals surface area (Å²) in [7, 11) is 0. The van der Waals surface area contributed by atoms with Gasteiger partial charge in [0.05, 0.1) is 12.3 Å².